The molecule has 0 saturated carbocycles. The standard InChI is InChI=1S/C43H51FN4O6Si/c1-28-41(55(2,3)44)37(24-40(52)47-26-31-11-5-4-10-30(31)22-34(47)27-49)54-43(28)35-23-33(46-21-9-7-13-39(46)51)18-19-36(35)48(42(43)53)25-29-14-16-32(17-15-29)45-20-8-6-12-38(45)50/h4-5,10-11,14-19,23,28,34,37,41,49H,6-9,12-13,20-22,24-27H2,1-3H3/t28-,34+,37+,41-,43+/m1/s1. The Morgan fingerprint density at radius 2 is 1.53 bits per heavy atom. The average molecular weight is 767 g/mol. The molecule has 1 spiro atoms. The fourth-order valence-corrected chi connectivity index (χ4v) is 12.5. The van der Waals surface area contributed by atoms with Gasteiger partial charge < -0.3 is 33.6 Å². The molecule has 0 aliphatic carbocycles. The zero-order valence-corrected chi connectivity index (χ0v) is 33.0. The van der Waals surface area contributed by atoms with Crippen molar-refractivity contribution in [1.29, 1.82) is 0 Å². The summed E-state index contributed by atoms with van der Waals surface area (Å²) in [4.78, 5) is 62.2. The Kier molecular flexibility index (Phi) is 9.96. The third-order valence-corrected chi connectivity index (χ3v) is 15.2. The number of nitrogens with zero attached hydrogens (tertiary/aromatic N) is 4. The first-order valence-electron chi connectivity index (χ1n) is 19.9. The summed E-state index contributed by atoms with van der Waals surface area (Å²) in [6.45, 7) is 6.73. The van der Waals surface area contributed by atoms with E-state index >= 15 is 8.90 Å². The number of anilines is 3. The zero-order valence-electron chi connectivity index (χ0n) is 32.0. The number of hydrogen-bond acceptors (Lipinski definition) is 6. The highest BCUT2D eigenvalue weighted by Crippen LogP contribution is 2.61. The normalized spacial score (nSPS) is 26.9. The third-order valence-electron chi connectivity index (χ3n) is 12.8. The summed E-state index contributed by atoms with van der Waals surface area (Å²) in [5.41, 5.74) is 3.42. The van der Waals surface area contributed by atoms with E-state index in [1.165, 1.54) is 0 Å². The summed E-state index contributed by atoms with van der Waals surface area (Å²) in [6.07, 6.45) is 4.04. The quantitative estimate of drug-likeness (QED) is 0.211. The molecular weight excluding hydrogens is 716 g/mol. The molecule has 0 bridgehead atoms. The monoisotopic (exact) mass is 766 g/mol. The Hall–Kier alpha value is -4.39. The van der Waals surface area contributed by atoms with Crippen molar-refractivity contribution in [2.75, 3.05) is 34.4 Å². The van der Waals surface area contributed by atoms with E-state index in [1.54, 1.807) is 27.8 Å². The Labute approximate surface area is 323 Å². The molecule has 5 heterocycles. The lowest BCUT2D eigenvalue weighted by Gasteiger charge is -2.37. The molecule has 3 aromatic rings. The summed E-state index contributed by atoms with van der Waals surface area (Å²) >= 11 is 0. The Balaban J connectivity index is 1.15. The summed E-state index contributed by atoms with van der Waals surface area (Å²) in [6, 6.07) is 20.8. The van der Waals surface area contributed by atoms with E-state index in [-0.39, 0.29) is 43.2 Å². The highest BCUT2D eigenvalue weighted by atomic mass is 28.4. The molecule has 12 heteroatoms. The molecule has 0 aromatic heterocycles. The molecule has 0 radical (unpaired) electrons. The van der Waals surface area contributed by atoms with Crippen LogP contribution >= 0.6 is 0 Å². The zero-order chi connectivity index (χ0) is 38.6. The van der Waals surface area contributed by atoms with Gasteiger partial charge in [0.1, 0.15) is 0 Å². The second kappa shape index (κ2) is 14.6. The molecule has 0 unspecified atom stereocenters. The minimum atomic E-state index is -3.59. The molecule has 290 valence electrons. The van der Waals surface area contributed by atoms with Crippen LogP contribution in [0.2, 0.25) is 18.6 Å². The van der Waals surface area contributed by atoms with Gasteiger partial charge in [-0.05, 0) is 92.2 Å². The van der Waals surface area contributed by atoms with Crippen LogP contribution in [0.4, 0.5) is 21.2 Å². The lowest BCUT2D eigenvalue weighted by Crippen LogP contribution is -2.48. The molecule has 5 atom stereocenters. The van der Waals surface area contributed by atoms with Gasteiger partial charge in [0.15, 0.2) is 5.60 Å². The van der Waals surface area contributed by atoms with Crippen molar-refractivity contribution in [3.05, 3.63) is 89.0 Å². The highest BCUT2D eigenvalue weighted by Gasteiger charge is 2.67. The Morgan fingerprint density at radius 3 is 2.16 bits per heavy atom. The number of carbonyl (C=O) groups excluding carboxylic acids is 4. The molecule has 3 fully saturated rings. The predicted molar refractivity (Wildman–Crippen MR) is 211 cm³/mol. The number of carbonyl (C=O) groups is 4. The van der Waals surface area contributed by atoms with Crippen molar-refractivity contribution in [3.8, 4) is 0 Å². The molecule has 3 saturated heterocycles. The van der Waals surface area contributed by atoms with Crippen LogP contribution in [0, 0.1) is 5.92 Å². The second-order valence-corrected chi connectivity index (χ2v) is 20.4. The molecule has 5 aliphatic heterocycles. The maximum Gasteiger partial charge on any atom is 0.264 e. The van der Waals surface area contributed by atoms with Crippen molar-refractivity contribution in [2.24, 2.45) is 5.92 Å². The van der Waals surface area contributed by atoms with Gasteiger partial charge >= 0.3 is 0 Å². The smallest absolute Gasteiger partial charge is 0.264 e. The molecule has 3 aromatic carbocycles. The van der Waals surface area contributed by atoms with Crippen LogP contribution in [0.15, 0.2) is 66.7 Å². The van der Waals surface area contributed by atoms with Gasteiger partial charge in [-0.2, -0.15) is 0 Å². The number of piperidine rings is 2. The molecule has 4 amide bonds. The van der Waals surface area contributed by atoms with Crippen LogP contribution in [0.3, 0.4) is 0 Å². The van der Waals surface area contributed by atoms with Gasteiger partial charge in [-0.15, -0.1) is 0 Å². The van der Waals surface area contributed by atoms with Gasteiger partial charge in [0.25, 0.3) is 5.91 Å². The number of aliphatic hydroxyl groups is 1. The van der Waals surface area contributed by atoms with Gasteiger partial charge in [-0.1, -0.05) is 43.3 Å². The number of aliphatic hydroxyl groups excluding tert-OH is 1. The minimum Gasteiger partial charge on any atom is -0.394 e. The van der Waals surface area contributed by atoms with Gasteiger partial charge in [0.2, 0.25) is 26.1 Å². The van der Waals surface area contributed by atoms with Crippen molar-refractivity contribution >= 4 is 49.1 Å². The van der Waals surface area contributed by atoms with Crippen molar-refractivity contribution in [1.82, 2.24) is 4.90 Å². The number of ether oxygens (including phenoxy) is 1. The molecule has 1 N–H and O–H groups in total. The maximum absolute atomic E-state index is 16.7. The van der Waals surface area contributed by atoms with Crippen LogP contribution in [0.1, 0.15) is 74.1 Å². The van der Waals surface area contributed by atoms with E-state index in [4.69, 9.17) is 4.74 Å². The van der Waals surface area contributed by atoms with E-state index in [1.807, 2.05) is 78.6 Å². The van der Waals surface area contributed by atoms with Gasteiger partial charge in [0.05, 0.1) is 37.4 Å². The van der Waals surface area contributed by atoms with Gasteiger partial charge in [-0.3, -0.25) is 19.2 Å². The number of halogens is 1. The summed E-state index contributed by atoms with van der Waals surface area (Å²) in [5, 5.41) is 10.4. The van der Waals surface area contributed by atoms with Crippen LogP contribution in [-0.4, -0.2) is 73.9 Å². The number of fused-ring (bicyclic) bond motifs is 3. The van der Waals surface area contributed by atoms with E-state index in [0.717, 1.165) is 48.1 Å². The Bertz CT molecular complexity index is 2000. The topological polar surface area (TPSA) is 111 Å². The number of rotatable bonds is 8. The van der Waals surface area contributed by atoms with Crippen molar-refractivity contribution < 1.29 is 33.1 Å². The first-order valence-corrected chi connectivity index (χ1v) is 22.9. The van der Waals surface area contributed by atoms with Crippen molar-refractivity contribution in [3.63, 3.8) is 0 Å². The van der Waals surface area contributed by atoms with Gasteiger partial charge in [0, 0.05) is 60.9 Å². The maximum atomic E-state index is 16.7. The van der Waals surface area contributed by atoms with E-state index in [9.17, 15) is 19.5 Å². The fraction of sp³-hybridized carbons (Fsp3) is 0.488. The lowest BCUT2D eigenvalue weighted by atomic mass is 9.82. The molecule has 10 nitrogen and oxygen atoms in total. The predicted octanol–water partition coefficient (Wildman–Crippen LogP) is 6.38. The first kappa shape index (κ1) is 37.5. The molecular formula is C43H51FN4O6Si. The number of amides is 4. The minimum absolute atomic E-state index is 0.0225. The summed E-state index contributed by atoms with van der Waals surface area (Å²) in [7, 11) is -3.59. The van der Waals surface area contributed by atoms with E-state index < -0.39 is 37.6 Å². The number of hydrogen-bond donors (Lipinski definition) is 1. The number of benzene rings is 3. The van der Waals surface area contributed by atoms with E-state index in [0.29, 0.717) is 55.8 Å². The SMILES string of the molecule is C[C@@H]1[C@@H]([Si](C)(C)F)[C@H](CC(=O)N2Cc3ccccc3C[C@H]2CO)O[C@@]12C(=O)N(Cc1ccc(N3CCCCC3=O)cc1)c1ccc(N3CCCCC3=O)cc12. The van der Waals surface area contributed by atoms with Crippen LogP contribution in [0.5, 0.6) is 0 Å². The first-order chi connectivity index (χ1) is 26.4. The molecule has 8 rings (SSSR count). The fourth-order valence-electron chi connectivity index (χ4n) is 10.0. The molecule has 55 heavy (non-hydrogen) atoms. The van der Waals surface area contributed by atoms with Crippen LogP contribution in [0.25, 0.3) is 0 Å². The van der Waals surface area contributed by atoms with Gasteiger partial charge in [-0.25, -0.2) is 0 Å². The second-order valence-electron chi connectivity index (χ2n) is 16.6. The van der Waals surface area contributed by atoms with Crippen LogP contribution < -0.4 is 14.7 Å². The summed E-state index contributed by atoms with van der Waals surface area (Å²) < 4.78 is 23.7. The van der Waals surface area contributed by atoms with Crippen molar-refractivity contribution in [2.45, 2.75) is 108 Å². The van der Waals surface area contributed by atoms with E-state index in [2.05, 4.69) is 0 Å². The summed E-state index contributed by atoms with van der Waals surface area (Å²) in [5.74, 6) is -1.05. The molecule has 5 aliphatic rings. The van der Waals surface area contributed by atoms with Crippen LogP contribution in [-0.2, 0) is 49.0 Å². The Morgan fingerprint density at radius 1 is 0.891 bits per heavy atom. The largest absolute Gasteiger partial charge is 0.394 e. The lowest BCUT2D eigenvalue weighted by molar-refractivity contribution is -0.151. The highest BCUT2D eigenvalue weighted by molar-refractivity contribution is 6.72. The average Bonchev–Trinajstić information content (AvgIpc) is 3.60. The third kappa shape index (κ3) is 6.59.